The third kappa shape index (κ3) is 2.42. The predicted molar refractivity (Wildman–Crippen MR) is 85.3 cm³/mol. The Morgan fingerprint density at radius 1 is 1.20 bits per heavy atom. The molecule has 0 saturated carbocycles. The van der Waals surface area contributed by atoms with Gasteiger partial charge in [0.1, 0.15) is 5.37 Å². The van der Waals surface area contributed by atoms with Gasteiger partial charge >= 0.3 is 0 Å². The molecule has 100 valence electrons. The Morgan fingerprint density at radius 3 is 2.85 bits per heavy atom. The number of nitrogens with one attached hydrogen (secondary N) is 2. The number of allylic oxidation sites excluding steroid dienone is 1. The van der Waals surface area contributed by atoms with Crippen LogP contribution in [0.1, 0.15) is 16.5 Å². The highest BCUT2D eigenvalue weighted by Crippen LogP contribution is 2.46. The van der Waals surface area contributed by atoms with Crippen LogP contribution in [-0.4, -0.2) is 5.71 Å². The Balaban J connectivity index is 1.86. The molecule has 2 aromatic rings. The number of para-hydroxylation sites is 1. The first-order valence-corrected chi connectivity index (χ1v) is 7.25. The molecule has 0 aliphatic carbocycles. The molecule has 0 radical (unpaired) electrons. The first-order valence-electron chi connectivity index (χ1n) is 6.37. The van der Waals surface area contributed by atoms with Gasteiger partial charge in [-0.3, -0.25) is 0 Å². The molecule has 0 amide bonds. The lowest BCUT2D eigenvalue weighted by Crippen LogP contribution is -2.03. The van der Waals surface area contributed by atoms with Crippen molar-refractivity contribution in [3.8, 4) is 0 Å². The minimum Gasteiger partial charge on any atom is -0.405 e. The van der Waals surface area contributed by atoms with Crippen molar-refractivity contribution in [3.63, 3.8) is 0 Å². The molecule has 2 aromatic carbocycles. The number of hydrogen-bond acceptors (Lipinski definition) is 4. The van der Waals surface area contributed by atoms with Gasteiger partial charge in [0.2, 0.25) is 0 Å². The third-order valence-corrected chi connectivity index (χ3v) is 4.42. The van der Waals surface area contributed by atoms with Gasteiger partial charge in [-0.15, -0.1) is 0 Å². The Kier molecular flexibility index (Phi) is 3.48. The molecule has 1 aliphatic rings. The van der Waals surface area contributed by atoms with Crippen molar-refractivity contribution in [2.45, 2.75) is 10.3 Å². The zero-order chi connectivity index (χ0) is 13.9. The zero-order valence-corrected chi connectivity index (χ0v) is 11.7. The van der Waals surface area contributed by atoms with Gasteiger partial charge < -0.3 is 16.5 Å². The summed E-state index contributed by atoms with van der Waals surface area (Å²) in [6.07, 6.45) is 3.00. The van der Waals surface area contributed by atoms with Crippen molar-refractivity contribution in [3.05, 3.63) is 71.9 Å². The molecular formula is C16H15N3S. The van der Waals surface area contributed by atoms with Gasteiger partial charge in [0.25, 0.3) is 0 Å². The Bertz CT molecular complexity index is 654. The van der Waals surface area contributed by atoms with E-state index in [-0.39, 0.29) is 5.37 Å². The van der Waals surface area contributed by atoms with Gasteiger partial charge in [-0.25, -0.2) is 0 Å². The van der Waals surface area contributed by atoms with Crippen LogP contribution in [0.2, 0.25) is 0 Å². The van der Waals surface area contributed by atoms with Crippen LogP contribution in [0.4, 0.5) is 5.69 Å². The summed E-state index contributed by atoms with van der Waals surface area (Å²) in [6.45, 7) is 0. The number of nitrogens with two attached hydrogens (primary N) is 1. The van der Waals surface area contributed by atoms with E-state index in [9.17, 15) is 0 Å². The van der Waals surface area contributed by atoms with Crippen molar-refractivity contribution < 1.29 is 0 Å². The van der Waals surface area contributed by atoms with Crippen LogP contribution < -0.4 is 11.1 Å². The molecular weight excluding hydrogens is 266 g/mol. The Morgan fingerprint density at radius 2 is 2.05 bits per heavy atom. The van der Waals surface area contributed by atoms with Crippen LogP contribution in [0.25, 0.3) is 0 Å². The fourth-order valence-electron chi connectivity index (χ4n) is 2.20. The molecule has 4 N–H and O–H groups in total. The second-order valence-corrected chi connectivity index (χ2v) is 5.68. The van der Waals surface area contributed by atoms with Crippen LogP contribution in [0.15, 0.2) is 65.7 Å². The van der Waals surface area contributed by atoms with Crippen LogP contribution in [0.5, 0.6) is 0 Å². The van der Waals surface area contributed by atoms with E-state index in [2.05, 4.69) is 23.5 Å². The summed E-state index contributed by atoms with van der Waals surface area (Å²) in [6, 6.07) is 16.3. The smallest absolute Gasteiger partial charge is 0.103 e. The molecule has 0 bridgehead atoms. The van der Waals surface area contributed by atoms with Crippen LogP contribution >= 0.6 is 11.8 Å². The number of thioether (sulfide) groups is 1. The number of benzene rings is 2. The molecule has 20 heavy (non-hydrogen) atoms. The Labute approximate surface area is 122 Å². The fourth-order valence-corrected chi connectivity index (χ4v) is 3.33. The van der Waals surface area contributed by atoms with E-state index >= 15 is 0 Å². The first-order chi connectivity index (χ1) is 9.78. The maximum absolute atomic E-state index is 7.93. The minimum atomic E-state index is 0.196. The number of fused-ring (bicyclic) bond motifs is 1. The summed E-state index contributed by atoms with van der Waals surface area (Å²) in [5.74, 6) is 0. The maximum atomic E-state index is 7.93. The van der Waals surface area contributed by atoms with Crippen LogP contribution in [-0.2, 0) is 0 Å². The second kappa shape index (κ2) is 5.43. The summed E-state index contributed by atoms with van der Waals surface area (Å²) in [7, 11) is 0. The van der Waals surface area contributed by atoms with Crippen molar-refractivity contribution in [1.29, 1.82) is 5.41 Å². The molecule has 0 spiro atoms. The lowest BCUT2D eigenvalue weighted by atomic mass is 10.1. The average molecular weight is 281 g/mol. The minimum absolute atomic E-state index is 0.196. The monoisotopic (exact) mass is 281 g/mol. The highest BCUT2D eigenvalue weighted by molar-refractivity contribution is 8.00. The van der Waals surface area contributed by atoms with Crippen molar-refractivity contribution in [2.75, 3.05) is 5.32 Å². The van der Waals surface area contributed by atoms with E-state index in [0.717, 1.165) is 5.56 Å². The molecule has 1 atom stereocenters. The molecule has 0 aromatic heterocycles. The van der Waals surface area contributed by atoms with Gasteiger partial charge in [0.05, 0.1) is 5.71 Å². The van der Waals surface area contributed by atoms with Gasteiger partial charge in [0.15, 0.2) is 0 Å². The van der Waals surface area contributed by atoms with Gasteiger partial charge in [0, 0.05) is 10.6 Å². The largest absolute Gasteiger partial charge is 0.405 e. The van der Waals surface area contributed by atoms with E-state index in [4.69, 9.17) is 11.1 Å². The van der Waals surface area contributed by atoms with Gasteiger partial charge in [-0.1, -0.05) is 42.1 Å². The molecule has 1 heterocycles. The van der Waals surface area contributed by atoms with E-state index in [1.54, 1.807) is 17.8 Å². The van der Waals surface area contributed by atoms with Crippen molar-refractivity contribution >= 4 is 23.2 Å². The predicted octanol–water partition coefficient (Wildman–Crippen LogP) is 3.74. The summed E-state index contributed by atoms with van der Waals surface area (Å²) >= 11 is 1.80. The molecule has 4 heteroatoms. The number of rotatable bonds is 3. The van der Waals surface area contributed by atoms with E-state index in [1.165, 1.54) is 22.3 Å². The fraction of sp³-hybridized carbons (Fsp3) is 0.0625. The number of hydrogen-bond donors (Lipinski definition) is 3. The summed E-state index contributed by atoms with van der Waals surface area (Å²) < 4.78 is 0. The molecule has 3 rings (SSSR count). The lowest BCUT2D eigenvalue weighted by molar-refractivity contribution is 1.13. The highest BCUT2D eigenvalue weighted by Gasteiger charge is 2.22. The van der Waals surface area contributed by atoms with Crippen LogP contribution in [0.3, 0.4) is 0 Å². The highest BCUT2D eigenvalue weighted by atomic mass is 32.2. The average Bonchev–Trinajstić information content (AvgIpc) is 2.91. The van der Waals surface area contributed by atoms with E-state index < -0.39 is 0 Å². The first kappa shape index (κ1) is 12.8. The molecule has 1 aliphatic heterocycles. The topological polar surface area (TPSA) is 61.9 Å². The quantitative estimate of drug-likeness (QED) is 0.751. The standard InChI is InChI=1S/C16H15N3S/c17-9-8-13(18)11-4-3-5-12(10-11)16-19-14-6-1-2-7-15(14)20-16/h1-10,16,18-19H,17H2/b9-8-,18-13?. The molecule has 3 nitrogen and oxygen atoms in total. The van der Waals surface area contributed by atoms with Crippen molar-refractivity contribution in [1.82, 2.24) is 0 Å². The Hall–Kier alpha value is -2.20. The van der Waals surface area contributed by atoms with Gasteiger partial charge in [-0.05, 0) is 41.6 Å². The molecule has 0 saturated heterocycles. The van der Waals surface area contributed by atoms with E-state index in [1.807, 2.05) is 30.3 Å². The summed E-state index contributed by atoms with van der Waals surface area (Å²) in [4.78, 5) is 1.26. The molecule has 0 fully saturated rings. The summed E-state index contributed by atoms with van der Waals surface area (Å²) in [5, 5.41) is 11.6. The van der Waals surface area contributed by atoms with Gasteiger partial charge in [-0.2, -0.15) is 0 Å². The zero-order valence-electron chi connectivity index (χ0n) is 10.8. The van der Waals surface area contributed by atoms with Crippen LogP contribution in [0, 0.1) is 5.41 Å². The molecule has 1 unspecified atom stereocenters. The summed E-state index contributed by atoms with van der Waals surface area (Å²) in [5.41, 5.74) is 8.99. The number of anilines is 1. The van der Waals surface area contributed by atoms with E-state index in [0.29, 0.717) is 5.71 Å². The lowest BCUT2D eigenvalue weighted by Gasteiger charge is -2.12. The SMILES string of the molecule is N=C(/C=C\N)c1cccc(C2Nc3ccccc3S2)c1. The normalized spacial score (nSPS) is 16.9. The third-order valence-electron chi connectivity index (χ3n) is 3.18. The maximum Gasteiger partial charge on any atom is 0.103 e. The van der Waals surface area contributed by atoms with Crippen molar-refractivity contribution in [2.24, 2.45) is 5.73 Å². The second-order valence-electron chi connectivity index (χ2n) is 4.54.